The Morgan fingerprint density at radius 1 is 1.53 bits per heavy atom. The standard InChI is InChI=1S/C12H18N6O/c1-8-5-11(18-12(16-8)14-7-15-18)17-3-4-19-10(6-17)9(2)13/h5,7,9-10H,3-4,6,13H2,1-2H3. The van der Waals surface area contributed by atoms with Crippen molar-refractivity contribution >= 4 is 11.6 Å². The Hall–Kier alpha value is -1.73. The van der Waals surface area contributed by atoms with Gasteiger partial charge in [0.15, 0.2) is 0 Å². The molecule has 0 spiro atoms. The molecule has 0 saturated carbocycles. The summed E-state index contributed by atoms with van der Waals surface area (Å²) in [6.07, 6.45) is 1.56. The van der Waals surface area contributed by atoms with Crippen LogP contribution in [0.1, 0.15) is 12.6 Å². The number of aromatic nitrogens is 4. The predicted octanol–water partition coefficient (Wildman–Crippen LogP) is -0.0149. The molecule has 2 aromatic heterocycles. The Balaban J connectivity index is 1.97. The number of morpholine rings is 1. The lowest BCUT2D eigenvalue weighted by Crippen LogP contribution is -2.50. The highest BCUT2D eigenvalue weighted by molar-refractivity contribution is 5.47. The van der Waals surface area contributed by atoms with Gasteiger partial charge in [0.25, 0.3) is 5.78 Å². The fourth-order valence-corrected chi connectivity index (χ4v) is 2.34. The first-order chi connectivity index (χ1) is 9.15. The van der Waals surface area contributed by atoms with E-state index < -0.39 is 0 Å². The molecule has 2 N–H and O–H groups in total. The molecule has 102 valence electrons. The molecule has 3 heterocycles. The van der Waals surface area contributed by atoms with Crippen molar-refractivity contribution in [3.05, 3.63) is 18.1 Å². The number of hydrogen-bond donors (Lipinski definition) is 1. The second-order valence-corrected chi connectivity index (χ2v) is 4.94. The number of ether oxygens (including phenoxy) is 1. The zero-order valence-corrected chi connectivity index (χ0v) is 11.2. The summed E-state index contributed by atoms with van der Waals surface area (Å²) in [5, 5.41) is 4.23. The molecule has 3 rings (SSSR count). The first-order valence-corrected chi connectivity index (χ1v) is 6.44. The number of nitrogens with two attached hydrogens (primary N) is 1. The van der Waals surface area contributed by atoms with E-state index in [4.69, 9.17) is 10.5 Å². The predicted molar refractivity (Wildman–Crippen MR) is 71.1 cm³/mol. The molecule has 7 heteroatoms. The summed E-state index contributed by atoms with van der Waals surface area (Å²) in [5.41, 5.74) is 6.86. The summed E-state index contributed by atoms with van der Waals surface area (Å²) in [4.78, 5) is 10.7. The van der Waals surface area contributed by atoms with Crippen LogP contribution in [0.25, 0.3) is 5.78 Å². The van der Waals surface area contributed by atoms with Crippen molar-refractivity contribution in [2.75, 3.05) is 24.6 Å². The monoisotopic (exact) mass is 262 g/mol. The minimum atomic E-state index is 0.0111. The smallest absolute Gasteiger partial charge is 0.254 e. The molecular weight excluding hydrogens is 244 g/mol. The van der Waals surface area contributed by atoms with Gasteiger partial charge in [0, 0.05) is 30.9 Å². The molecular formula is C12H18N6O. The summed E-state index contributed by atoms with van der Waals surface area (Å²) in [6.45, 7) is 6.18. The van der Waals surface area contributed by atoms with E-state index in [9.17, 15) is 0 Å². The van der Waals surface area contributed by atoms with Crippen LogP contribution in [0.3, 0.4) is 0 Å². The summed E-state index contributed by atoms with van der Waals surface area (Å²) < 4.78 is 7.45. The maximum atomic E-state index is 5.93. The van der Waals surface area contributed by atoms with Crippen molar-refractivity contribution in [2.24, 2.45) is 5.73 Å². The topological polar surface area (TPSA) is 81.6 Å². The minimum absolute atomic E-state index is 0.0111. The van der Waals surface area contributed by atoms with Crippen LogP contribution < -0.4 is 10.6 Å². The molecule has 1 saturated heterocycles. The molecule has 7 nitrogen and oxygen atoms in total. The van der Waals surface area contributed by atoms with Gasteiger partial charge in [0.05, 0.1) is 12.7 Å². The summed E-state index contributed by atoms with van der Waals surface area (Å²) >= 11 is 0. The fourth-order valence-electron chi connectivity index (χ4n) is 2.34. The first kappa shape index (κ1) is 12.3. The highest BCUT2D eigenvalue weighted by atomic mass is 16.5. The highest BCUT2D eigenvalue weighted by Gasteiger charge is 2.25. The number of rotatable bonds is 2. The zero-order chi connectivity index (χ0) is 13.4. The molecule has 0 radical (unpaired) electrons. The van der Waals surface area contributed by atoms with Crippen LogP contribution in [-0.4, -0.2) is 51.4 Å². The van der Waals surface area contributed by atoms with E-state index in [0.29, 0.717) is 12.4 Å². The van der Waals surface area contributed by atoms with Gasteiger partial charge in [0.2, 0.25) is 0 Å². The number of nitrogens with zero attached hydrogens (tertiary/aromatic N) is 5. The van der Waals surface area contributed by atoms with Gasteiger partial charge in [-0.2, -0.15) is 14.6 Å². The van der Waals surface area contributed by atoms with Crippen molar-refractivity contribution in [3.63, 3.8) is 0 Å². The molecule has 0 bridgehead atoms. The molecule has 0 aromatic carbocycles. The normalized spacial score (nSPS) is 21.8. The van der Waals surface area contributed by atoms with E-state index in [-0.39, 0.29) is 12.1 Å². The molecule has 1 aliphatic heterocycles. The summed E-state index contributed by atoms with van der Waals surface area (Å²) in [5.74, 6) is 1.62. The van der Waals surface area contributed by atoms with Crippen molar-refractivity contribution in [1.29, 1.82) is 0 Å². The lowest BCUT2D eigenvalue weighted by molar-refractivity contribution is 0.0272. The lowest BCUT2D eigenvalue weighted by atomic mass is 10.1. The third kappa shape index (κ3) is 2.26. The molecule has 1 fully saturated rings. The average Bonchev–Trinajstić information content (AvgIpc) is 2.85. The van der Waals surface area contributed by atoms with E-state index >= 15 is 0 Å². The molecule has 19 heavy (non-hydrogen) atoms. The number of anilines is 1. The second kappa shape index (κ2) is 4.75. The maximum Gasteiger partial charge on any atom is 0.254 e. The quantitative estimate of drug-likeness (QED) is 0.819. The van der Waals surface area contributed by atoms with E-state index in [1.165, 1.54) is 6.33 Å². The number of fused-ring (bicyclic) bond motifs is 1. The van der Waals surface area contributed by atoms with E-state index in [0.717, 1.165) is 24.6 Å². The zero-order valence-electron chi connectivity index (χ0n) is 11.2. The SMILES string of the molecule is Cc1cc(N2CCOC(C(C)N)C2)n2ncnc2n1. The van der Waals surface area contributed by atoms with Crippen molar-refractivity contribution in [2.45, 2.75) is 26.0 Å². The van der Waals surface area contributed by atoms with Crippen LogP contribution in [0, 0.1) is 6.92 Å². The number of aryl methyl sites for hydroxylation is 1. The van der Waals surface area contributed by atoms with E-state index in [1.807, 2.05) is 19.9 Å². The largest absolute Gasteiger partial charge is 0.373 e. The van der Waals surface area contributed by atoms with Gasteiger partial charge >= 0.3 is 0 Å². The van der Waals surface area contributed by atoms with Gasteiger partial charge < -0.3 is 15.4 Å². The summed E-state index contributed by atoms with van der Waals surface area (Å²) in [7, 11) is 0. The van der Waals surface area contributed by atoms with Gasteiger partial charge in [-0.1, -0.05) is 0 Å². The third-order valence-corrected chi connectivity index (χ3v) is 3.36. The minimum Gasteiger partial charge on any atom is -0.373 e. The Kier molecular flexibility index (Phi) is 3.08. The van der Waals surface area contributed by atoms with Crippen LogP contribution in [-0.2, 0) is 4.74 Å². The first-order valence-electron chi connectivity index (χ1n) is 6.44. The van der Waals surface area contributed by atoms with Gasteiger partial charge in [-0.05, 0) is 13.8 Å². The van der Waals surface area contributed by atoms with Gasteiger partial charge in [-0.15, -0.1) is 0 Å². The van der Waals surface area contributed by atoms with Crippen molar-refractivity contribution < 1.29 is 4.74 Å². The molecule has 2 aromatic rings. The van der Waals surface area contributed by atoms with Crippen LogP contribution in [0.5, 0.6) is 0 Å². The molecule has 2 unspecified atom stereocenters. The Morgan fingerprint density at radius 3 is 3.16 bits per heavy atom. The van der Waals surface area contributed by atoms with Gasteiger partial charge in [-0.25, -0.2) is 4.98 Å². The third-order valence-electron chi connectivity index (χ3n) is 3.36. The second-order valence-electron chi connectivity index (χ2n) is 4.94. The average molecular weight is 262 g/mol. The van der Waals surface area contributed by atoms with Crippen LogP contribution in [0.2, 0.25) is 0 Å². The Bertz CT molecular complexity index is 581. The van der Waals surface area contributed by atoms with Crippen LogP contribution in [0.4, 0.5) is 5.82 Å². The molecule has 0 aliphatic carbocycles. The molecule has 1 aliphatic rings. The van der Waals surface area contributed by atoms with Gasteiger partial charge in [-0.3, -0.25) is 0 Å². The van der Waals surface area contributed by atoms with E-state index in [2.05, 4.69) is 20.0 Å². The summed E-state index contributed by atoms with van der Waals surface area (Å²) in [6, 6.07) is 2.03. The Labute approximate surface area is 111 Å². The van der Waals surface area contributed by atoms with Crippen molar-refractivity contribution in [3.8, 4) is 0 Å². The molecule has 0 amide bonds. The van der Waals surface area contributed by atoms with Crippen molar-refractivity contribution in [1.82, 2.24) is 19.6 Å². The lowest BCUT2D eigenvalue weighted by Gasteiger charge is -2.36. The number of hydrogen-bond acceptors (Lipinski definition) is 6. The maximum absolute atomic E-state index is 5.93. The van der Waals surface area contributed by atoms with Crippen LogP contribution >= 0.6 is 0 Å². The van der Waals surface area contributed by atoms with Gasteiger partial charge in [0.1, 0.15) is 12.1 Å². The van der Waals surface area contributed by atoms with Crippen LogP contribution in [0.15, 0.2) is 12.4 Å². The Morgan fingerprint density at radius 2 is 2.37 bits per heavy atom. The molecule has 2 atom stereocenters. The highest BCUT2D eigenvalue weighted by Crippen LogP contribution is 2.19. The van der Waals surface area contributed by atoms with E-state index in [1.54, 1.807) is 4.52 Å². The fraction of sp³-hybridized carbons (Fsp3) is 0.583.